The van der Waals surface area contributed by atoms with Gasteiger partial charge in [0.1, 0.15) is 4.90 Å². The summed E-state index contributed by atoms with van der Waals surface area (Å²) in [5.41, 5.74) is -1.02. The average Bonchev–Trinajstić information content (AvgIpc) is 3.09. The standard InChI is InChI=1S/C13H15Cl2NO4S/c1-13(2,7-3-4-7)16-21(19,20)9-6-5-8(14)10(11(9)15)12(17)18/h5-7,16H,3-4H2,1-2H3,(H,17,18). The molecule has 1 aliphatic rings. The van der Waals surface area contributed by atoms with Gasteiger partial charge in [0.05, 0.1) is 15.6 Å². The topological polar surface area (TPSA) is 83.5 Å². The second kappa shape index (κ2) is 5.43. The number of carbonyl (C=O) groups is 1. The number of sulfonamides is 1. The van der Waals surface area contributed by atoms with Gasteiger partial charge in [0.2, 0.25) is 10.0 Å². The molecule has 0 aromatic heterocycles. The third kappa shape index (κ3) is 3.34. The molecule has 0 amide bonds. The Labute approximate surface area is 133 Å². The molecule has 1 aromatic rings. The van der Waals surface area contributed by atoms with Crippen molar-refractivity contribution >= 4 is 39.2 Å². The van der Waals surface area contributed by atoms with Gasteiger partial charge in [-0.3, -0.25) is 0 Å². The molecule has 0 aliphatic heterocycles. The molecule has 0 heterocycles. The number of carboxylic acid groups (broad SMARTS) is 1. The van der Waals surface area contributed by atoms with Crippen molar-refractivity contribution in [2.75, 3.05) is 0 Å². The maximum atomic E-state index is 12.5. The predicted octanol–water partition coefficient (Wildman–Crippen LogP) is 3.16. The van der Waals surface area contributed by atoms with Gasteiger partial charge >= 0.3 is 5.97 Å². The molecule has 0 bridgehead atoms. The number of nitrogens with one attached hydrogen (secondary N) is 1. The Kier molecular flexibility index (Phi) is 4.28. The molecule has 1 aromatic carbocycles. The molecule has 2 N–H and O–H groups in total. The Morgan fingerprint density at radius 2 is 1.90 bits per heavy atom. The molecule has 21 heavy (non-hydrogen) atoms. The molecule has 0 radical (unpaired) electrons. The van der Waals surface area contributed by atoms with Crippen molar-refractivity contribution in [2.24, 2.45) is 5.92 Å². The number of hydrogen-bond acceptors (Lipinski definition) is 3. The summed E-state index contributed by atoms with van der Waals surface area (Å²) in [5, 5.41) is 8.60. The minimum absolute atomic E-state index is 0.104. The maximum absolute atomic E-state index is 12.5. The van der Waals surface area contributed by atoms with Crippen LogP contribution in [0.2, 0.25) is 10.0 Å². The highest BCUT2D eigenvalue weighted by atomic mass is 35.5. The van der Waals surface area contributed by atoms with Gasteiger partial charge in [0.15, 0.2) is 0 Å². The molecule has 2 rings (SSSR count). The molecular formula is C13H15Cl2NO4S. The van der Waals surface area contributed by atoms with Crippen molar-refractivity contribution < 1.29 is 18.3 Å². The Bertz CT molecular complexity index is 696. The van der Waals surface area contributed by atoms with Crippen LogP contribution in [0.4, 0.5) is 0 Å². The van der Waals surface area contributed by atoms with Crippen LogP contribution in [-0.2, 0) is 10.0 Å². The van der Waals surface area contributed by atoms with Gasteiger partial charge in [-0.2, -0.15) is 0 Å². The van der Waals surface area contributed by atoms with E-state index in [-0.39, 0.29) is 20.9 Å². The number of rotatable bonds is 5. The van der Waals surface area contributed by atoms with Gasteiger partial charge in [0.25, 0.3) is 0 Å². The normalized spacial score (nSPS) is 16.0. The van der Waals surface area contributed by atoms with Crippen LogP contribution < -0.4 is 4.72 Å². The third-order valence-electron chi connectivity index (χ3n) is 3.55. The first-order chi connectivity index (χ1) is 9.56. The minimum Gasteiger partial charge on any atom is -0.478 e. The Morgan fingerprint density at radius 1 is 1.33 bits per heavy atom. The monoisotopic (exact) mass is 351 g/mol. The van der Waals surface area contributed by atoms with Crippen molar-refractivity contribution in [1.82, 2.24) is 4.72 Å². The molecule has 0 atom stereocenters. The lowest BCUT2D eigenvalue weighted by molar-refractivity contribution is 0.0697. The van der Waals surface area contributed by atoms with Crippen molar-refractivity contribution in [3.8, 4) is 0 Å². The van der Waals surface area contributed by atoms with Crippen molar-refractivity contribution in [1.29, 1.82) is 0 Å². The summed E-state index contributed by atoms with van der Waals surface area (Å²) >= 11 is 11.7. The highest BCUT2D eigenvalue weighted by molar-refractivity contribution is 7.89. The van der Waals surface area contributed by atoms with Crippen LogP contribution in [0.1, 0.15) is 37.0 Å². The third-order valence-corrected chi connectivity index (χ3v) is 6.09. The van der Waals surface area contributed by atoms with E-state index in [1.54, 1.807) is 13.8 Å². The quantitative estimate of drug-likeness (QED) is 0.853. The van der Waals surface area contributed by atoms with Crippen LogP contribution in [0.5, 0.6) is 0 Å². The summed E-state index contributed by atoms with van der Waals surface area (Å²) in [6.07, 6.45) is 1.93. The van der Waals surface area contributed by atoms with Crippen LogP contribution in [0, 0.1) is 5.92 Å². The minimum atomic E-state index is -3.93. The van der Waals surface area contributed by atoms with Crippen molar-refractivity contribution in [2.45, 2.75) is 37.1 Å². The molecule has 0 unspecified atom stereocenters. The summed E-state index contributed by atoms with van der Waals surface area (Å²) in [4.78, 5) is 10.9. The van der Waals surface area contributed by atoms with Crippen LogP contribution in [0.15, 0.2) is 17.0 Å². The summed E-state index contributed by atoms with van der Waals surface area (Å²) in [7, 11) is -3.93. The smallest absolute Gasteiger partial charge is 0.338 e. The lowest BCUT2D eigenvalue weighted by atomic mass is 10.0. The van der Waals surface area contributed by atoms with E-state index in [1.165, 1.54) is 12.1 Å². The zero-order chi connectivity index (χ0) is 16.0. The molecule has 1 saturated carbocycles. The first kappa shape index (κ1) is 16.5. The van der Waals surface area contributed by atoms with E-state index >= 15 is 0 Å². The van der Waals surface area contributed by atoms with Gasteiger partial charge in [-0.15, -0.1) is 0 Å². The largest absolute Gasteiger partial charge is 0.478 e. The zero-order valence-corrected chi connectivity index (χ0v) is 13.8. The number of hydrogen-bond donors (Lipinski definition) is 2. The molecule has 1 aliphatic carbocycles. The van der Waals surface area contributed by atoms with Gasteiger partial charge in [-0.05, 0) is 44.7 Å². The molecule has 0 saturated heterocycles. The lowest BCUT2D eigenvalue weighted by Gasteiger charge is -2.26. The van der Waals surface area contributed by atoms with Crippen LogP contribution in [-0.4, -0.2) is 25.0 Å². The van der Waals surface area contributed by atoms with Gasteiger partial charge in [0, 0.05) is 5.54 Å². The fourth-order valence-electron chi connectivity index (χ4n) is 2.23. The van der Waals surface area contributed by atoms with E-state index < -0.39 is 27.1 Å². The first-order valence-electron chi connectivity index (χ1n) is 6.31. The van der Waals surface area contributed by atoms with Crippen molar-refractivity contribution in [3.05, 3.63) is 27.7 Å². The number of aromatic carboxylic acids is 1. The number of benzene rings is 1. The van der Waals surface area contributed by atoms with E-state index in [2.05, 4.69) is 4.72 Å². The second-order valence-corrected chi connectivity index (χ2v) is 8.08. The molecule has 0 spiro atoms. The van der Waals surface area contributed by atoms with Crippen LogP contribution in [0.25, 0.3) is 0 Å². The van der Waals surface area contributed by atoms with Gasteiger partial charge in [-0.25, -0.2) is 17.9 Å². The Morgan fingerprint density at radius 3 is 2.38 bits per heavy atom. The highest BCUT2D eigenvalue weighted by Crippen LogP contribution is 2.40. The summed E-state index contributed by atoms with van der Waals surface area (Å²) in [6, 6.07) is 2.43. The zero-order valence-electron chi connectivity index (χ0n) is 11.5. The molecule has 116 valence electrons. The van der Waals surface area contributed by atoms with Gasteiger partial charge in [-0.1, -0.05) is 23.2 Å². The van der Waals surface area contributed by atoms with Crippen LogP contribution in [0.3, 0.4) is 0 Å². The fourth-order valence-corrected chi connectivity index (χ4v) is 4.62. The molecular weight excluding hydrogens is 337 g/mol. The SMILES string of the molecule is CC(C)(NS(=O)(=O)c1ccc(Cl)c(C(=O)O)c1Cl)C1CC1. The number of carboxylic acids is 1. The summed E-state index contributed by atoms with van der Waals surface area (Å²) < 4.78 is 27.5. The first-order valence-corrected chi connectivity index (χ1v) is 8.55. The summed E-state index contributed by atoms with van der Waals surface area (Å²) in [5.74, 6) is -1.10. The molecule has 1 fully saturated rings. The summed E-state index contributed by atoms with van der Waals surface area (Å²) in [6.45, 7) is 3.59. The Balaban J connectivity index is 2.45. The molecule has 8 heteroatoms. The molecule has 5 nitrogen and oxygen atoms in total. The number of halogens is 2. The van der Waals surface area contributed by atoms with E-state index in [9.17, 15) is 13.2 Å². The Hall–Kier alpha value is -0.820. The van der Waals surface area contributed by atoms with E-state index in [4.69, 9.17) is 28.3 Å². The average molecular weight is 352 g/mol. The predicted molar refractivity (Wildman–Crippen MR) is 80.5 cm³/mol. The highest BCUT2D eigenvalue weighted by Gasteiger charge is 2.41. The maximum Gasteiger partial charge on any atom is 0.338 e. The van der Waals surface area contributed by atoms with E-state index in [0.29, 0.717) is 0 Å². The van der Waals surface area contributed by atoms with Gasteiger partial charge < -0.3 is 5.11 Å². The van der Waals surface area contributed by atoms with E-state index in [1.807, 2.05) is 0 Å². The fraction of sp³-hybridized carbons (Fsp3) is 0.462. The van der Waals surface area contributed by atoms with Crippen LogP contribution >= 0.6 is 23.2 Å². The van der Waals surface area contributed by atoms with E-state index in [0.717, 1.165) is 12.8 Å². The lowest BCUT2D eigenvalue weighted by Crippen LogP contribution is -2.45. The second-order valence-electron chi connectivity index (χ2n) is 5.64. The van der Waals surface area contributed by atoms with Crippen molar-refractivity contribution in [3.63, 3.8) is 0 Å².